The highest BCUT2D eigenvalue weighted by atomic mass is 79.9. The lowest BCUT2D eigenvalue weighted by atomic mass is 9.99. The van der Waals surface area contributed by atoms with Gasteiger partial charge in [-0.05, 0) is 54.4 Å². The van der Waals surface area contributed by atoms with Gasteiger partial charge in [-0.1, -0.05) is 42.5 Å². The van der Waals surface area contributed by atoms with Crippen molar-refractivity contribution >= 4 is 38.0 Å². The van der Waals surface area contributed by atoms with E-state index in [1.165, 1.54) is 18.2 Å². The fourth-order valence-corrected chi connectivity index (χ4v) is 4.81. The summed E-state index contributed by atoms with van der Waals surface area (Å²) in [6.45, 7) is 4.18. The van der Waals surface area contributed by atoms with Gasteiger partial charge in [-0.25, -0.2) is 13.2 Å². The molecule has 2 rings (SSSR count). The first kappa shape index (κ1) is 22.9. The van der Waals surface area contributed by atoms with Gasteiger partial charge in [-0.3, -0.25) is 4.79 Å². The molecule has 1 atom stereocenters. The largest absolute Gasteiger partial charge is 0.481 e. The number of sulfonamides is 1. The van der Waals surface area contributed by atoms with Crippen LogP contribution in [0.25, 0.3) is 0 Å². The fraction of sp³-hybridized carbons (Fsp3) is 0.300. The fourth-order valence-electron chi connectivity index (χ4n) is 2.53. The zero-order chi connectivity index (χ0) is 21.8. The summed E-state index contributed by atoms with van der Waals surface area (Å²) < 4.78 is 32.5. The highest BCUT2D eigenvalue weighted by Gasteiger charge is 2.38. The molecule has 0 aliphatic heterocycles. The van der Waals surface area contributed by atoms with Gasteiger partial charge in [0, 0.05) is 4.47 Å². The minimum atomic E-state index is -4.39. The number of rotatable bonds is 6. The van der Waals surface area contributed by atoms with Crippen molar-refractivity contribution < 1.29 is 27.9 Å². The van der Waals surface area contributed by atoms with E-state index in [4.69, 9.17) is 4.74 Å². The van der Waals surface area contributed by atoms with E-state index in [2.05, 4.69) is 15.9 Å². The monoisotopic (exact) mass is 483 g/mol. The minimum absolute atomic E-state index is 0.164. The Bertz CT molecular complexity index is 986. The summed E-state index contributed by atoms with van der Waals surface area (Å²) in [5.41, 5.74) is -0.597. The Hall–Kier alpha value is -2.39. The van der Waals surface area contributed by atoms with Crippen molar-refractivity contribution in [1.82, 2.24) is 4.31 Å². The Balaban J connectivity index is 2.54. The van der Waals surface area contributed by atoms with Crippen molar-refractivity contribution in [3.8, 4) is 0 Å². The number of carbonyl (C=O) groups excluding carboxylic acids is 1. The third-order valence-electron chi connectivity index (χ3n) is 3.85. The van der Waals surface area contributed by atoms with E-state index in [-0.39, 0.29) is 9.37 Å². The van der Waals surface area contributed by atoms with Crippen molar-refractivity contribution in [3.05, 3.63) is 64.6 Å². The molecule has 0 unspecified atom stereocenters. The van der Waals surface area contributed by atoms with Gasteiger partial charge in [-0.15, -0.1) is 0 Å². The number of carboxylic acids is 1. The minimum Gasteiger partial charge on any atom is -0.481 e. The van der Waals surface area contributed by atoms with Crippen LogP contribution in [0.3, 0.4) is 0 Å². The predicted octanol–water partition coefficient (Wildman–Crippen LogP) is 4.24. The maximum absolute atomic E-state index is 13.3. The lowest BCUT2D eigenvalue weighted by Gasteiger charge is -2.29. The van der Waals surface area contributed by atoms with Crippen molar-refractivity contribution in [2.45, 2.75) is 37.2 Å². The second-order valence-corrected chi connectivity index (χ2v) is 9.93. The maximum atomic E-state index is 13.3. The van der Waals surface area contributed by atoms with Crippen LogP contribution in [0.5, 0.6) is 0 Å². The van der Waals surface area contributed by atoms with Crippen molar-refractivity contribution in [2.75, 3.05) is 6.54 Å². The standard InChI is InChI=1S/C20H22BrNO6S/c1-20(2,3)28-19(25)22(29(26,27)17-12-8-7-11-16(17)21)13-15(18(23)24)14-9-5-4-6-10-14/h4-12,15H,13H2,1-3H3,(H,23,24)/t15-/m1/s1. The normalized spacial score (nSPS) is 12.8. The first-order valence-corrected chi connectivity index (χ1v) is 10.9. The molecule has 0 fully saturated rings. The molecule has 0 radical (unpaired) electrons. The lowest BCUT2D eigenvalue weighted by Crippen LogP contribution is -2.44. The molecule has 156 valence electrons. The molecule has 0 saturated carbocycles. The Morgan fingerprint density at radius 2 is 1.62 bits per heavy atom. The van der Waals surface area contributed by atoms with Gasteiger partial charge < -0.3 is 9.84 Å². The number of amides is 1. The molecule has 2 aromatic rings. The Morgan fingerprint density at radius 1 is 1.07 bits per heavy atom. The van der Waals surface area contributed by atoms with Crippen LogP contribution in [0.15, 0.2) is 64.0 Å². The average Bonchev–Trinajstić information content (AvgIpc) is 2.61. The van der Waals surface area contributed by atoms with E-state index in [1.54, 1.807) is 57.2 Å². The molecule has 9 heteroatoms. The SMILES string of the molecule is CC(C)(C)OC(=O)N(C[C@@H](C(=O)O)c1ccccc1)S(=O)(=O)c1ccccc1Br. The molecule has 0 aromatic heterocycles. The van der Waals surface area contributed by atoms with Crippen LogP contribution in [0.2, 0.25) is 0 Å². The van der Waals surface area contributed by atoms with Crippen molar-refractivity contribution in [1.29, 1.82) is 0 Å². The lowest BCUT2D eigenvalue weighted by molar-refractivity contribution is -0.138. The zero-order valence-corrected chi connectivity index (χ0v) is 18.6. The number of aliphatic carboxylic acids is 1. The van der Waals surface area contributed by atoms with Gasteiger partial charge in [-0.2, -0.15) is 4.31 Å². The van der Waals surface area contributed by atoms with Crippen LogP contribution in [-0.4, -0.2) is 42.0 Å². The number of hydrogen-bond donors (Lipinski definition) is 1. The van der Waals surface area contributed by atoms with Gasteiger partial charge in [0.1, 0.15) is 16.4 Å². The molecular weight excluding hydrogens is 462 g/mol. The molecular formula is C20H22BrNO6S. The molecule has 29 heavy (non-hydrogen) atoms. The van der Waals surface area contributed by atoms with Crippen LogP contribution < -0.4 is 0 Å². The topological polar surface area (TPSA) is 101 Å². The van der Waals surface area contributed by atoms with Crippen LogP contribution in [-0.2, 0) is 19.6 Å². The van der Waals surface area contributed by atoms with Crippen LogP contribution in [0, 0.1) is 0 Å². The number of benzene rings is 2. The Kier molecular flexibility index (Phi) is 7.07. The summed E-state index contributed by atoms with van der Waals surface area (Å²) in [4.78, 5) is 24.5. The number of hydrogen-bond acceptors (Lipinski definition) is 5. The molecule has 2 aromatic carbocycles. The second kappa shape index (κ2) is 8.96. The second-order valence-electron chi connectivity index (χ2n) is 7.25. The number of ether oxygens (including phenoxy) is 1. The molecule has 0 bridgehead atoms. The van der Waals surface area contributed by atoms with E-state index in [0.717, 1.165) is 0 Å². The first-order valence-electron chi connectivity index (χ1n) is 8.71. The van der Waals surface area contributed by atoms with E-state index in [1.807, 2.05) is 0 Å². The number of halogens is 1. The number of carboxylic acid groups (broad SMARTS) is 1. The molecule has 0 saturated heterocycles. The highest BCUT2D eigenvalue weighted by Crippen LogP contribution is 2.28. The van der Waals surface area contributed by atoms with Gasteiger partial charge in [0.25, 0.3) is 10.0 Å². The smallest absolute Gasteiger partial charge is 0.424 e. The number of carbonyl (C=O) groups is 2. The third kappa shape index (κ3) is 5.80. The van der Waals surface area contributed by atoms with E-state index in [0.29, 0.717) is 9.87 Å². The van der Waals surface area contributed by atoms with E-state index >= 15 is 0 Å². The quantitative estimate of drug-likeness (QED) is 0.658. The zero-order valence-electron chi connectivity index (χ0n) is 16.2. The summed E-state index contributed by atoms with van der Waals surface area (Å²) in [5.74, 6) is -2.52. The van der Waals surface area contributed by atoms with Gasteiger partial charge >= 0.3 is 12.1 Å². The molecule has 7 nitrogen and oxygen atoms in total. The Morgan fingerprint density at radius 3 is 2.14 bits per heavy atom. The molecule has 1 N–H and O–H groups in total. The molecule has 0 aliphatic carbocycles. The van der Waals surface area contributed by atoms with Gasteiger partial charge in [0.2, 0.25) is 0 Å². The van der Waals surface area contributed by atoms with E-state index in [9.17, 15) is 23.1 Å². The van der Waals surface area contributed by atoms with E-state index < -0.39 is 40.1 Å². The summed E-state index contributed by atoms with van der Waals surface area (Å²) >= 11 is 3.18. The summed E-state index contributed by atoms with van der Waals surface area (Å²) in [7, 11) is -4.39. The average molecular weight is 484 g/mol. The number of nitrogens with zero attached hydrogens (tertiary/aromatic N) is 1. The van der Waals surface area contributed by atoms with Crippen LogP contribution in [0.1, 0.15) is 32.3 Å². The van der Waals surface area contributed by atoms with Gasteiger partial charge in [0.05, 0.1) is 6.54 Å². The molecule has 0 spiro atoms. The third-order valence-corrected chi connectivity index (χ3v) is 6.59. The predicted molar refractivity (Wildman–Crippen MR) is 111 cm³/mol. The van der Waals surface area contributed by atoms with Crippen molar-refractivity contribution in [2.24, 2.45) is 0 Å². The van der Waals surface area contributed by atoms with Crippen LogP contribution >= 0.6 is 15.9 Å². The summed E-state index contributed by atoms with van der Waals surface area (Å²) in [6, 6.07) is 14.1. The Labute approximate surface area is 178 Å². The molecule has 0 heterocycles. The maximum Gasteiger partial charge on any atom is 0.424 e. The summed E-state index contributed by atoms with van der Waals surface area (Å²) in [5, 5.41) is 9.70. The molecule has 0 aliphatic rings. The first-order chi connectivity index (χ1) is 13.4. The van der Waals surface area contributed by atoms with Crippen LogP contribution in [0.4, 0.5) is 4.79 Å². The highest BCUT2D eigenvalue weighted by molar-refractivity contribution is 9.10. The van der Waals surface area contributed by atoms with Gasteiger partial charge in [0.15, 0.2) is 0 Å². The molecule has 1 amide bonds. The van der Waals surface area contributed by atoms with Crippen molar-refractivity contribution in [3.63, 3.8) is 0 Å². The summed E-state index contributed by atoms with van der Waals surface area (Å²) in [6.07, 6.45) is -1.14.